The average Bonchev–Trinajstić information content (AvgIpc) is 3.36. The van der Waals surface area contributed by atoms with Gasteiger partial charge in [-0.3, -0.25) is 4.99 Å². The molecule has 1 fully saturated rings. The van der Waals surface area contributed by atoms with E-state index in [0.29, 0.717) is 16.2 Å². The highest BCUT2D eigenvalue weighted by Gasteiger charge is 2.19. The molecular formula is C16H17Cl2N9O2S2. The molecular weight excluding hydrogens is 485 g/mol. The molecule has 0 bridgehead atoms. The van der Waals surface area contributed by atoms with Gasteiger partial charge in [-0.2, -0.15) is 5.26 Å². The highest BCUT2D eigenvalue weighted by Crippen LogP contribution is 2.20. The molecule has 1 saturated heterocycles. The number of amidine groups is 1. The fourth-order valence-corrected chi connectivity index (χ4v) is 4.21. The number of rotatable bonds is 5. The summed E-state index contributed by atoms with van der Waals surface area (Å²) in [7, 11) is 1.44. The van der Waals surface area contributed by atoms with Crippen molar-refractivity contribution in [3.8, 4) is 6.19 Å². The molecule has 2 aromatic heterocycles. The number of guanidine groups is 1. The maximum absolute atomic E-state index is 10.1. The van der Waals surface area contributed by atoms with Gasteiger partial charge >= 0.3 is 0 Å². The van der Waals surface area contributed by atoms with Crippen LogP contribution in [-0.2, 0) is 13.1 Å². The third-order valence-corrected chi connectivity index (χ3v) is 5.88. The Bertz CT molecular complexity index is 976. The van der Waals surface area contributed by atoms with Gasteiger partial charge < -0.3 is 10.2 Å². The van der Waals surface area contributed by atoms with Crippen molar-refractivity contribution in [2.24, 2.45) is 9.98 Å². The Morgan fingerprint density at radius 1 is 1.42 bits per heavy atom. The molecule has 0 unspecified atom stereocenters. The largest absolute Gasteiger partial charge is 0.347 e. The molecule has 11 nitrogen and oxygen atoms in total. The van der Waals surface area contributed by atoms with E-state index in [1.807, 2.05) is 17.7 Å². The molecule has 0 aliphatic carbocycles. The molecule has 0 amide bonds. The Morgan fingerprint density at radius 3 is 2.81 bits per heavy atom. The molecule has 2 aromatic rings. The fraction of sp³-hybridized carbons (Fsp3) is 0.312. The van der Waals surface area contributed by atoms with E-state index in [1.54, 1.807) is 30.2 Å². The van der Waals surface area contributed by atoms with E-state index in [4.69, 9.17) is 28.5 Å². The van der Waals surface area contributed by atoms with Crippen molar-refractivity contribution in [3.63, 3.8) is 0 Å². The zero-order valence-corrected chi connectivity index (χ0v) is 19.3. The maximum Gasteiger partial charge on any atom is 0.254 e. The van der Waals surface area contributed by atoms with Crippen LogP contribution >= 0.6 is 46.3 Å². The number of aromatic nitrogens is 2. The Kier molecular flexibility index (Phi) is 10.2. The van der Waals surface area contributed by atoms with Crippen LogP contribution in [0.3, 0.4) is 0 Å². The summed E-state index contributed by atoms with van der Waals surface area (Å²) >= 11 is 14.2. The standard InChI is InChI=1S/C10H9ClN4S.C6H8ClN5O2S/c11-9-2-1-8(5-13-9)6-15-3-4-16-10(15)14-7-12;1-8-6(11-12(13)14)10-3-4-2-9-5(7)15-4/h1-2,5H,3-4,6H2;2H,3H2,1H3,(H2,8,10,11). The van der Waals surface area contributed by atoms with E-state index in [9.17, 15) is 10.1 Å². The van der Waals surface area contributed by atoms with Gasteiger partial charge in [0.25, 0.3) is 5.96 Å². The number of halogens is 2. The molecule has 0 saturated carbocycles. The summed E-state index contributed by atoms with van der Waals surface area (Å²) in [5.41, 5.74) is 2.99. The molecule has 1 aliphatic rings. The number of pyridine rings is 1. The first-order valence-corrected chi connectivity index (χ1v) is 11.1. The first kappa shape index (κ1) is 24.6. The molecule has 31 heavy (non-hydrogen) atoms. The summed E-state index contributed by atoms with van der Waals surface area (Å²) in [6, 6.07) is 3.70. The highest BCUT2D eigenvalue weighted by atomic mass is 35.5. The lowest BCUT2D eigenvalue weighted by molar-refractivity contribution is -0.525. The Hall–Kier alpha value is -2.66. The van der Waals surface area contributed by atoms with Crippen LogP contribution in [0.2, 0.25) is 9.62 Å². The van der Waals surface area contributed by atoms with Gasteiger partial charge in [0.05, 0.1) is 6.54 Å². The number of aliphatic imine (C=N–C) groups is 2. The summed E-state index contributed by atoms with van der Waals surface area (Å²) in [4.78, 5) is 28.3. The van der Waals surface area contributed by atoms with Gasteiger partial charge in [-0.05, 0) is 11.6 Å². The van der Waals surface area contributed by atoms with Gasteiger partial charge in [-0.1, -0.05) is 46.5 Å². The lowest BCUT2D eigenvalue weighted by atomic mass is 10.3. The quantitative estimate of drug-likeness (QED) is 0.157. The van der Waals surface area contributed by atoms with E-state index >= 15 is 0 Å². The summed E-state index contributed by atoms with van der Waals surface area (Å²) in [5.74, 6) is 1.06. The Morgan fingerprint density at radius 2 is 2.23 bits per heavy atom. The predicted molar refractivity (Wildman–Crippen MR) is 123 cm³/mol. The second kappa shape index (κ2) is 12.9. The van der Waals surface area contributed by atoms with Gasteiger partial charge in [0, 0.05) is 43.2 Å². The first-order valence-electron chi connectivity index (χ1n) is 8.58. The number of nitrogens with zero attached hydrogens (tertiary/aromatic N) is 7. The molecule has 0 spiro atoms. The van der Waals surface area contributed by atoms with Crippen molar-refractivity contribution in [2.45, 2.75) is 13.1 Å². The molecule has 1 aliphatic heterocycles. The second-order valence-corrected chi connectivity index (χ2v) is 8.77. The van der Waals surface area contributed by atoms with Crippen LogP contribution in [0.15, 0.2) is 34.5 Å². The molecule has 15 heteroatoms. The van der Waals surface area contributed by atoms with Crippen LogP contribution in [0.4, 0.5) is 0 Å². The van der Waals surface area contributed by atoms with E-state index in [2.05, 4.69) is 30.2 Å². The zero-order valence-electron chi connectivity index (χ0n) is 16.2. The molecule has 3 heterocycles. The third kappa shape index (κ3) is 8.93. The Labute approximate surface area is 196 Å². The van der Waals surface area contributed by atoms with E-state index in [-0.39, 0.29) is 5.96 Å². The van der Waals surface area contributed by atoms with E-state index in [1.165, 1.54) is 18.4 Å². The van der Waals surface area contributed by atoms with Crippen LogP contribution < -0.4 is 10.7 Å². The van der Waals surface area contributed by atoms with Crippen LogP contribution in [0.5, 0.6) is 0 Å². The topological polar surface area (TPSA) is 145 Å². The third-order valence-electron chi connectivity index (χ3n) is 3.55. The second-order valence-electron chi connectivity index (χ2n) is 5.63. The van der Waals surface area contributed by atoms with E-state index < -0.39 is 5.03 Å². The smallest absolute Gasteiger partial charge is 0.254 e. The van der Waals surface area contributed by atoms with Crippen molar-refractivity contribution >= 4 is 57.4 Å². The van der Waals surface area contributed by atoms with Gasteiger partial charge in [-0.15, -0.1) is 16.3 Å². The van der Waals surface area contributed by atoms with Crippen molar-refractivity contribution < 1.29 is 5.03 Å². The van der Waals surface area contributed by atoms with Gasteiger partial charge in [0.1, 0.15) is 5.15 Å². The number of thiazole rings is 1. The molecule has 0 aromatic carbocycles. The molecule has 164 valence electrons. The average molecular weight is 502 g/mol. The number of hydrogen-bond acceptors (Lipinski definition) is 9. The van der Waals surface area contributed by atoms with Gasteiger partial charge in [-0.25, -0.2) is 20.1 Å². The van der Waals surface area contributed by atoms with Crippen molar-refractivity contribution in [1.82, 2.24) is 25.6 Å². The number of nitrogens with one attached hydrogen (secondary N) is 2. The summed E-state index contributed by atoms with van der Waals surface area (Å²) in [5, 5.41) is 22.0. The van der Waals surface area contributed by atoms with Crippen LogP contribution in [0.25, 0.3) is 0 Å². The summed E-state index contributed by atoms with van der Waals surface area (Å²) in [6.07, 6.45) is 5.17. The minimum atomic E-state index is -0.686. The van der Waals surface area contributed by atoms with Gasteiger partial charge in [0.2, 0.25) is 6.19 Å². The molecule has 0 atom stereocenters. The predicted octanol–water partition coefficient (Wildman–Crippen LogP) is 2.77. The van der Waals surface area contributed by atoms with Crippen LogP contribution in [0, 0.1) is 21.6 Å². The normalized spacial score (nSPS) is 14.6. The molecule has 0 radical (unpaired) electrons. The highest BCUT2D eigenvalue weighted by molar-refractivity contribution is 8.14. The van der Waals surface area contributed by atoms with Crippen molar-refractivity contribution in [2.75, 3.05) is 19.3 Å². The van der Waals surface area contributed by atoms with Crippen LogP contribution in [-0.4, -0.2) is 50.4 Å². The number of hydrazine groups is 1. The number of thioether (sulfide) groups is 1. The zero-order chi connectivity index (χ0) is 22.6. The van der Waals surface area contributed by atoms with E-state index in [0.717, 1.165) is 34.5 Å². The van der Waals surface area contributed by atoms with Crippen molar-refractivity contribution in [1.29, 1.82) is 5.26 Å². The number of nitriles is 1. The minimum absolute atomic E-state index is 0.0875. The van der Waals surface area contributed by atoms with Crippen molar-refractivity contribution in [3.05, 3.63) is 54.7 Å². The number of nitro groups is 1. The lowest BCUT2D eigenvalue weighted by Crippen LogP contribution is -2.39. The Balaban J connectivity index is 0.000000221. The summed E-state index contributed by atoms with van der Waals surface area (Å²) in [6.45, 7) is 2.02. The fourth-order valence-electron chi connectivity index (χ4n) is 2.24. The summed E-state index contributed by atoms with van der Waals surface area (Å²) < 4.78 is 0.434. The maximum atomic E-state index is 10.1. The lowest BCUT2D eigenvalue weighted by Gasteiger charge is -2.16. The first-order chi connectivity index (χ1) is 14.9. The van der Waals surface area contributed by atoms with Gasteiger partial charge in [0.15, 0.2) is 14.7 Å². The monoisotopic (exact) mass is 501 g/mol. The molecule has 2 N–H and O–H groups in total. The minimum Gasteiger partial charge on any atom is -0.347 e. The SMILES string of the molecule is CN=C(NCc1cnc(Cl)s1)N[N+](=O)[O-].N#CN=C1SCCN1Cc1ccc(Cl)nc1. The number of hydrogen-bond donors (Lipinski definition) is 2. The van der Waals surface area contributed by atoms with Crippen LogP contribution in [0.1, 0.15) is 10.4 Å². The molecule has 3 rings (SSSR count).